The second kappa shape index (κ2) is 6.85. The monoisotopic (exact) mass is 268 g/mol. The number of nitrogens with zero attached hydrogens (tertiary/aromatic N) is 2. The molecule has 0 saturated carbocycles. The Bertz CT molecular complexity index is 566. The fourth-order valence-corrected chi connectivity index (χ4v) is 2.09. The highest BCUT2D eigenvalue weighted by Crippen LogP contribution is 2.24. The third-order valence-electron chi connectivity index (χ3n) is 3.23. The summed E-state index contributed by atoms with van der Waals surface area (Å²) in [4.78, 5) is 18.1. The maximum atomic E-state index is 11.5. The lowest BCUT2D eigenvalue weighted by Gasteiger charge is -2.24. The molecule has 104 valence electrons. The molecule has 0 N–H and O–H groups in total. The number of ketones is 1. The molecule has 0 saturated heterocycles. The van der Waals surface area contributed by atoms with Crippen LogP contribution in [0, 0.1) is 0 Å². The van der Waals surface area contributed by atoms with Crippen molar-refractivity contribution in [2.24, 2.45) is 0 Å². The summed E-state index contributed by atoms with van der Waals surface area (Å²) in [6.45, 7) is 4.65. The largest absolute Gasteiger partial charge is 0.326 e. The Labute approximate surface area is 120 Å². The van der Waals surface area contributed by atoms with Crippen LogP contribution in [0.5, 0.6) is 0 Å². The molecule has 1 aromatic heterocycles. The fraction of sp³-hybridized carbons (Fsp3) is 0.294. The number of aromatic nitrogens is 1. The van der Waals surface area contributed by atoms with Crippen molar-refractivity contribution in [1.29, 1.82) is 0 Å². The number of hydrogen-bond acceptors (Lipinski definition) is 3. The minimum atomic E-state index is 0.0668. The second-order valence-corrected chi connectivity index (χ2v) is 4.80. The average Bonchev–Trinajstić information content (AvgIpc) is 2.49. The van der Waals surface area contributed by atoms with Gasteiger partial charge in [-0.05, 0) is 37.6 Å². The standard InChI is InChI=1S/C17H20N2O/c1-3-4-12-19(16-8-6-5-7-9-16)17-13-15(14(2)20)10-11-18-17/h5-11,13H,3-4,12H2,1-2H3. The van der Waals surface area contributed by atoms with Crippen molar-refractivity contribution in [2.45, 2.75) is 26.7 Å². The van der Waals surface area contributed by atoms with Crippen molar-refractivity contribution in [3.8, 4) is 0 Å². The molecule has 0 amide bonds. The summed E-state index contributed by atoms with van der Waals surface area (Å²) < 4.78 is 0. The number of carbonyl (C=O) groups excluding carboxylic acids is 1. The van der Waals surface area contributed by atoms with E-state index in [0.29, 0.717) is 5.56 Å². The van der Waals surface area contributed by atoms with Crippen LogP contribution in [-0.4, -0.2) is 17.3 Å². The van der Waals surface area contributed by atoms with Crippen LogP contribution in [0.15, 0.2) is 48.7 Å². The van der Waals surface area contributed by atoms with E-state index in [-0.39, 0.29) is 5.78 Å². The molecule has 2 rings (SSSR count). The van der Waals surface area contributed by atoms with Crippen LogP contribution in [0.2, 0.25) is 0 Å². The van der Waals surface area contributed by atoms with Gasteiger partial charge in [0, 0.05) is 24.0 Å². The van der Waals surface area contributed by atoms with E-state index >= 15 is 0 Å². The quantitative estimate of drug-likeness (QED) is 0.735. The molecule has 0 aliphatic carbocycles. The average molecular weight is 268 g/mol. The second-order valence-electron chi connectivity index (χ2n) is 4.80. The Hall–Kier alpha value is -2.16. The van der Waals surface area contributed by atoms with Crippen molar-refractivity contribution < 1.29 is 4.79 Å². The van der Waals surface area contributed by atoms with Gasteiger partial charge in [-0.15, -0.1) is 0 Å². The van der Waals surface area contributed by atoms with Crippen LogP contribution in [0.4, 0.5) is 11.5 Å². The molecular weight excluding hydrogens is 248 g/mol. The lowest BCUT2D eigenvalue weighted by molar-refractivity contribution is 0.101. The van der Waals surface area contributed by atoms with E-state index in [1.807, 2.05) is 24.3 Å². The number of carbonyl (C=O) groups is 1. The topological polar surface area (TPSA) is 33.2 Å². The van der Waals surface area contributed by atoms with Crippen molar-refractivity contribution >= 4 is 17.3 Å². The number of hydrogen-bond donors (Lipinski definition) is 0. The molecule has 0 unspecified atom stereocenters. The smallest absolute Gasteiger partial charge is 0.159 e. The molecule has 20 heavy (non-hydrogen) atoms. The molecule has 0 atom stereocenters. The Morgan fingerprint density at radius 3 is 2.60 bits per heavy atom. The number of anilines is 2. The summed E-state index contributed by atoms with van der Waals surface area (Å²) in [7, 11) is 0. The summed E-state index contributed by atoms with van der Waals surface area (Å²) in [6.07, 6.45) is 3.91. The molecule has 1 heterocycles. The molecule has 0 radical (unpaired) electrons. The molecule has 0 aliphatic rings. The van der Waals surface area contributed by atoms with Crippen molar-refractivity contribution in [2.75, 3.05) is 11.4 Å². The first-order valence-corrected chi connectivity index (χ1v) is 7.02. The Balaban J connectivity index is 2.36. The highest BCUT2D eigenvalue weighted by atomic mass is 16.1. The minimum Gasteiger partial charge on any atom is -0.326 e. The molecule has 2 aromatic rings. The van der Waals surface area contributed by atoms with Gasteiger partial charge in [-0.2, -0.15) is 0 Å². The van der Waals surface area contributed by atoms with Gasteiger partial charge in [0.2, 0.25) is 0 Å². The molecule has 0 fully saturated rings. The highest BCUT2D eigenvalue weighted by molar-refractivity contribution is 5.94. The highest BCUT2D eigenvalue weighted by Gasteiger charge is 2.11. The van der Waals surface area contributed by atoms with Gasteiger partial charge in [0.1, 0.15) is 5.82 Å². The van der Waals surface area contributed by atoms with Crippen LogP contribution < -0.4 is 4.90 Å². The summed E-state index contributed by atoms with van der Waals surface area (Å²) in [5.41, 5.74) is 1.81. The van der Waals surface area contributed by atoms with Gasteiger partial charge >= 0.3 is 0 Å². The zero-order valence-corrected chi connectivity index (χ0v) is 12.0. The minimum absolute atomic E-state index is 0.0668. The SMILES string of the molecule is CCCCN(c1ccccc1)c1cc(C(C)=O)ccn1. The molecule has 1 aromatic carbocycles. The maximum absolute atomic E-state index is 11.5. The van der Waals surface area contributed by atoms with Gasteiger partial charge in [0.25, 0.3) is 0 Å². The number of benzene rings is 1. The Morgan fingerprint density at radius 2 is 1.95 bits per heavy atom. The van der Waals surface area contributed by atoms with E-state index in [1.165, 1.54) is 0 Å². The van der Waals surface area contributed by atoms with Gasteiger partial charge in [-0.25, -0.2) is 4.98 Å². The predicted octanol–water partition coefficient (Wildman–Crippen LogP) is 4.22. The Kier molecular flexibility index (Phi) is 4.88. The maximum Gasteiger partial charge on any atom is 0.159 e. The van der Waals surface area contributed by atoms with E-state index in [1.54, 1.807) is 19.2 Å². The number of unbranched alkanes of at least 4 members (excludes halogenated alkanes) is 1. The van der Waals surface area contributed by atoms with Crippen LogP contribution in [0.3, 0.4) is 0 Å². The first kappa shape index (κ1) is 14.3. The van der Waals surface area contributed by atoms with Gasteiger partial charge in [-0.1, -0.05) is 31.5 Å². The van der Waals surface area contributed by atoms with Crippen molar-refractivity contribution in [3.63, 3.8) is 0 Å². The van der Waals surface area contributed by atoms with Crippen LogP contribution in [0.1, 0.15) is 37.0 Å². The van der Waals surface area contributed by atoms with Crippen LogP contribution >= 0.6 is 0 Å². The van der Waals surface area contributed by atoms with Gasteiger partial charge < -0.3 is 4.90 Å². The fourth-order valence-electron chi connectivity index (χ4n) is 2.09. The molecule has 3 nitrogen and oxygen atoms in total. The van der Waals surface area contributed by atoms with E-state index in [0.717, 1.165) is 30.9 Å². The van der Waals surface area contributed by atoms with E-state index in [2.05, 4.69) is 28.9 Å². The molecule has 0 bridgehead atoms. The van der Waals surface area contributed by atoms with E-state index in [4.69, 9.17) is 0 Å². The number of pyridine rings is 1. The third-order valence-corrected chi connectivity index (χ3v) is 3.23. The van der Waals surface area contributed by atoms with Gasteiger partial charge in [0.15, 0.2) is 5.78 Å². The number of para-hydroxylation sites is 1. The van der Waals surface area contributed by atoms with Gasteiger partial charge in [0.05, 0.1) is 0 Å². The lowest BCUT2D eigenvalue weighted by atomic mass is 10.2. The zero-order valence-electron chi connectivity index (χ0n) is 12.0. The molecule has 0 spiro atoms. The first-order chi connectivity index (χ1) is 9.72. The van der Waals surface area contributed by atoms with Crippen LogP contribution in [0.25, 0.3) is 0 Å². The normalized spacial score (nSPS) is 10.3. The summed E-state index contributed by atoms with van der Waals surface area (Å²) >= 11 is 0. The van der Waals surface area contributed by atoms with E-state index < -0.39 is 0 Å². The van der Waals surface area contributed by atoms with E-state index in [9.17, 15) is 4.79 Å². The third kappa shape index (κ3) is 3.44. The van der Waals surface area contributed by atoms with Crippen molar-refractivity contribution in [3.05, 3.63) is 54.2 Å². The molecule has 3 heteroatoms. The summed E-state index contributed by atoms with van der Waals surface area (Å²) in [6, 6.07) is 13.8. The molecule has 0 aliphatic heterocycles. The zero-order chi connectivity index (χ0) is 14.4. The summed E-state index contributed by atoms with van der Waals surface area (Å²) in [5.74, 6) is 0.898. The number of rotatable bonds is 6. The number of Topliss-reactive ketones (excluding diaryl/α,β-unsaturated/α-hetero) is 1. The summed E-state index contributed by atoms with van der Waals surface area (Å²) in [5, 5.41) is 0. The van der Waals surface area contributed by atoms with Gasteiger partial charge in [-0.3, -0.25) is 4.79 Å². The lowest BCUT2D eigenvalue weighted by Crippen LogP contribution is -2.19. The van der Waals surface area contributed by atoms with Crippen molar-refractivity contribution in [1.82, 2.24) is 4.98 Å². The Morgan fingerprint density at radius 1 is 1.20 bits per heavy atom. The molecular formula is C17H20N2O. The first-order valence-electron chi connectivity index (χ1n) is 7.02. The predicted molar refractivity (Wildman–Crippen MR) is 82.6 cm³/mol. The van der Waals surface area contributed by atoms with Crippen LogP contribution in [-0.2, 0) is 0 Å².